The molecule has 0 atom stereocenters. The van der Waals surface area contributed by atoms with Gasteiger partial charge in [0.2, 0.25) is 0 Å². The molecule has 2 saturated heterocycles. The van der Waals surface area contributed by atoms with E-state index in [0.29, 0.717) is 5.92 Å². The Hall–Kier alpha value is -0.870. The highest BCUT2D eigenvalue weighted by Gasteiger charge is 2.25. The fourth-order valence-electron chi connectivity index (χ4n) is 4.89. The van der Waals surface area contributed by atoms with Crippen LogP contribution >= 0.6 is 0 Å². The minimum absolute atomic E-state index is 0.669. The first-order chi connectivity index (χ1) is 11.9. The maximum Gasteiger partial charge on any atom is 0.112 e. The molecule has 0 radical (unpaired) electrons. The zero-order chi connectivity index (χ0) is 16.2. The molecule has 0 unspecified atom stereocenters. The molecule has 24 heavy (non-hydrogen) atoms. The van der Waals surface area contributed by atoms with Gasteiger partial charge in [0.05, 0.1) is 5.69 Å². The minimum atomic E-state index is 0.669. The van der Waals surface area contributed by atoms with Crippen molar-refractivity contribution in [3.05, 3.63) is 17.7 Å². The molecule has 3 aliphatic rings. The Labute approximate surface area is 147 Å². The summed E-state index contributed by atoms with van der Waals surface area (Å²) in [5.41, 5.74) is 1.41. The maximum absolute atomic E-state index is 5.22. The number of imidazole rings is 1. The summed E-state index contributed by atoms with van der Waals surface area (Å²) in [5.74, 6) is 2.80. The first-order valence-corrected chi connectivity index (χ1v) is 10.4. The van der Waals surface area contributed by atoms with E-state index in [0.717, 1.165) is 25.6 Å². The third-order valence-electron chi connectivity index (χ3n) is 6.41. The fourth-order valence-corrected chi connectivity index (χ4v) is 4.89. The Morgan fingerprint density at radius 3 is 2.38 bits per heavy atom. The van der Waals surface area contributed by atoms with Gasteiger partial charge in [-0.25, -0.2) is 4.98 Å². The Kier molecular flexibility index (Phi) is 5.53. The van der Waals surface area contributed by atoms with E-state index in [4.69, 9.17) is 4.98 Å². The second kappa shape index (κ2) is 8.01. The number of likely N-dealkylation sites (tertiary alicyclic amines) is 1. The number of nitrogens with zero attached hydrogens (tertiary/aromatic N) is 3. The predicted octanol–water partition coefficient (Wildman–Crippen LogP) is 3.49. The van der Waals surface area contributed by atoms with Crippen molar-refractivity contribution < 1.29 is 0 Å². The third-order valence-corrected chi connectivity index (χ3v) is 6.41. The van der Waals surface area contributed by atoms with Gasteiger partial charge in [0.25, 0.3) is 0 Å². The average molecular weight is 331 g/mol. The Morgan fingerprint density at radius 1 is 0.875 bits per heavy atom. The summed E-state index contributed by atoms with van der Waals surface area (Å²) < 4.78 is 2.54. The van der Waals surface area contributed by atoms with Crippen LogP contribution in [0.3, 0.4) is 0 Å². The van der Waals surface area contributed by atoms with Crippen molar-refractivity contribution in [3.63, 3.8) is 0 Å². The number of piperidine rings is 1. The van der Waals surface area contributed by atoms with E-state index in [1.165, 1.54) is 88.9 Å². The molecule has 0 amide bonds. The molecule has 1 saturated carbocycles. The molecule has 3 fully saturated rings. The van der Waals surface area contributed by atoms with Gasteiger partial charge in [-0.05, 0) is 64.7 Å². The summed E-state index contributed by atoms with van der Waals surface area (Å²) in [6.07, 6.45) is 14.6. The van der Waals surface area contributed by atoms with Crippen LogP contribution in [-0.2, 0) is 6.54 Å². The van der Waals surface area contributed by atoms with Gasteiger partial charge in [0, 0.05) is 31.1 Å². The van der Waals surface area contributed by atoms with E-state index < -0.39 is 0 Å². The average Bonchev–Trinajstić information content (AvgIpc) is 3.31. The Balaban J connectivity index is 1.50. The van der Waals surface area contributed by atoms with Gasteiger partial charge in [-0.15, -0.1) is 0 Å². The van der Waals surface area contributed by atoms with E-state index in [9.17, 15) is 0 Å². The van der Waals surface area contributed by atoms with E-state index >= 15 is 0 Å². The molecule has 1 N–H and O–H groups in total. The molecule has 4 rings (SSSR count). The first-order valence-electron chi connectivity index (χ1n) is 10.4. The number of aromatic nitrogens is 2. The molecule has 3 heterocycles. The van der Waals surface area contributed by atoms with Crippen LogP contribution < -0.4 is 5.32 Å². The van der Waals surface area contributed by atoms with Crippen molar-refractivity contribution in [3.8, 4) is 0 Å². The van der Waals surface area contributed by atoms with Gasteiger partial charge in [0.1, 0.15) is 5.82 Å². The summed E-state index contributed by atoms with van der Waals surface area (Å²) >= 11 is 0. The van der Waals surface area contributed by atoms with Crippen LogP contribution in [0.4, 0.5) is 0 Å². The molecule has 4 heteroatoms. The molecular formula is C20H34N4. The zero-order valence-corrected chi connectivity index (χ0v) is 15.2. The lowest BCUT2D eigenvalue weighted by molar-refractivity contribution is 0.316. The lowest BCUT2D eigenvalue weighted by atomic mass is 9.87. The van der Waals surface area contributed by atoms with Crippen molar-refractivity contribution in [1.29, 1.82) is 0 Å². The monoisotopic (exact) mass is 330 g/mol. The normalized spacial score (nSPS) is 24.7. The molecule has 1 aromatic rings. The summed E-state index contributed by atoms with van der Waals surface area (Å²) in [6.45, 7) is 7.25. The van der Waals surface area contributed by atoms with Crippen molar-refractivity contribution in [1.82, 2.24) is 19.8 Å². The minimum Gasteiger partial charge on any atom is -0.333 e. The van der Waals surface area contributed by atoms with Crippen LogP contribution in [0, 0.1) is 0 Å². The number of hydrogen-bond donors (Lipinski definition) is 1. The van der Waals surface area contributed by atoms with Crippen molar-refractivity contribution in [2.24, 2.45) is 0 Å². The highest BCUT2D eigenvalue weighted by atomic mass is 15.2. The molecule has 4 nitrogen and oxygen atoms in total. The number of rotatable bonds is 5. The van der Waals surface area contributed by atoms with Gasteiger partial charge in [0.15, 0.2) is 0 Å². The smallest absolute Gasteiger partial charge is 0.112 e. The summed E-state index contributed by atoms with van der Waals surface area (Å²) in [7, 11) is 0. The van der Waals surface area contributed by atoms with Crippen LogP contribution in [0.25, 0.3) is 0 Å². The van der Waals surface area contributed by atoms with Gasteiger partial charge < -0.3 is 14.8 Å². The summed E-state index contributed by atoms with van der Waals surface area (Å²) in [4.78, 5) is 7.85. The third kappa shape index (κ3) is 3.85. The van der Waals surface area contributed by atoms with Gasteiger partial charge in [-0.1, -0.05) is 19.3 Å². The maximum atomic E-state index is 5.22. The molecule has 0 bridgehead atoms. The largest absolute Gasteiger partial charge is 0.333 e. The Bertz CT molecular complexity index is 506. The molecule has 134 valence electrons. The Morgan fingerprint density at radius 2 is 1.62 bits per heavy atom. The number of hydrogen-bond acceptors (Lipinski definition) is 3. The number of nitrogens with one attached hydrogen (secondary N) is 1. The summed E-state index contributed by atoms with van der Waals surface area (Å²) in [6, 6.07) is 0. The van der Waals surface area contributed by atoms with Crippen molar-refractivity contribution in [2.75, 3.05) is 32.7 Å². The first kappa shape index (κ1) is 16.6. The molecular weight excluding hydrogens is 296 g/mol. The van der Waals surface area contributed by atoms with Crippen LogP contribution in [-0.4, -0.2) is 47.2 Å². The fraction of sp³-hybridized carbons (Fsp3) is 0.850. The molecule has 0 aromatic carbocycles. The van der Waals surface area contributed by atoms with E-state index in [-0.39, 0.29) is 0 Å². The van der Waals surface area contributed by atoms with E-state index in [1.54, 1.807) is 0 Å². The highest BCUT2D eigenvalue weighted by Crippen LogP contribution is 2.34. The molecule has 1 aliphatic carbocycles. The lowest BCUT2D eigenvalue weighted by Gasteiger charge is -2.24. The van der Waals surface area contributed by atoms with Gasteiger partial charge >= 0.3 is 0 Å². The zero-order valence-electron chi connectivity index (χ0n) is 15.2. The summed E-state index contributed by atoms with van der Waals surface area (Å²) in [5, 5.41) is 3.51. The predicted molar refractivity (Wildman–Crippen MR) is 98.6 cm³/mol. The van der Waals surface area contributed by atoms with Crippen molar-refractivity contribution >= 4 is 0 Å². The van der Waals surface area contributed by atoms with E-state index in [2.05, 4.69) is 21.0 Å². The highest BCUT2D eigenvalue weighted by molar-refractivity contribution is 5.14. The lowest BCUT2D eigenvalue weighted by Crippen LogP contribution is -2.29. The van der Waals surface area contributed by atoms with Crippen LogP contribution in [0.15, 0.2) is 6.20 Å². The van der Waals surface area contributed by atoms with Crippen LogP contribution in [0.2, 0.25) is 0 Å². The van der Waals surface area contributed by atoms with Crippen LogP contribution in [0.1, 0.15) is 81.1 Å². The van der Waals surface area contributed by atoms with Crippen LogP contribution in [0.5, 0.6) is 0 Å². The van der Waals surface area contributed by atoms with Crippen molar-refractivity contribution in [2.45, 2.75) is 76.2 Å². The second-order valence-corrected chi connectivity index (χ2v) is 8.13. The topological polar surface area (TPSA) is 33.1 Å². The molecule has 2 aliphatic heterocycles. The van der Waals surface area contributed by atoms with E-state index in [1.807, 2.05) is 0 Å². The second-order valence-electron chi connectivity index (χ2n) is 8.13. The molecule has 1 aromatic heterocycles. The SMILES string of the molecule is c1c(C2CCCCC2)nc(C2CCNCC2)n1CCN1CCCC1. The standard InChI is InChI=1S/C20H34N4/c1-2-6-17(7-3-1)19-16-24(15-14-23-12-4-5-13-23)20(22-19)18-8-10-21-11-9-18/h16-18,21H,1-15H2. The molecule has 0 spiro atoms. The quantitative estimate of drug-likeness (QED) is 0.897. The van der Waals surface area contributed by atoms with Gasteiger partial charge in [-0.3, -0.25) is 0 Å². The van der Waals surface area contributed by atoms with Gasteiger partial charge in [-0.2, -0.15) is 0 Å².